The molecule has 0 aliphatic heterocycles. The maximum atomic E-state index is 5.25. The number of furan rings is 1. The summed E-state index contributed by atoms with van der Waals surface area (Å²) in [5, 5.41) is 14.2. The highest BCUT2D eigenvalue weighted by Gasteiger charge is 2.01. The fraction of sp³-hybridized carbons (Fsp3) is 0.188. The quantitative estimate of drug-likeness (QED) is 0.698. The summed E-state index contributed by atoms with van der Waals surface area (Å²) in [6.45, 7) is 1.32. The number of anilines is 2. The van der Waals surface area contributed by atoms with Gasteiger partial charge in [0, 0.05) is 6.54 Å². The van der Waals surface area contributed by atoms with E-state index in [1.54, 1.807) is 12.5 Å². The van der Waals surface area contributed by atoms with Gasteiger partial charge in [-0.3, -0.25) is 0 Å². The van der Waals surface area contributed by atoms with E-state index in [9.17, 15) is 0 Å². The van der Waals surface area contributed by atoms with E-state index in [0.29, 0.717) is 18.3 Å². The molecule has 0 saturated carbocycles. The van der Waals surface area contributed by atoms with Crippen LogP contribution in [0.4, 0.5) is 11.8 Å². The van der Waals surface area contributed by atoms with Crippen LogP contribution in [0, 0.1) is 0 Å². The van der Waals surface area contributed by atoms with Crippen molar-refractivity contribution >= 4 is 11.8 Å². The average Bonchev–Trinajstić information content (AvgIpc) is 3.08. The molecule has 2 aromatic heterocycles. The molecule has 0 fully saturated rings. The lowest BCUT2D eigenvalue weighted by molar-refractivity contribution is 0.517. The molecule has 0 aliphatic rings. The number of hydrogen-bond acceptors (Lipinski definition) is 6. The van der Waals surface area contributed by atoms with Crippen LogP contribution in [0.2, 0.25) is 0 Å². The van der Waals surface area contributed by atoms with Gasteiger partial charge in [0.2, 0.25) is 5.95 Å². The van der Waals surface area contributed by atoms with E-state index in [1.807, 2.05) is 30.3 Å². The first-order valence-corrected chi connectivity index (χ1v) is 7.14. The molecule has 2 heterocycles. The van der Waals surface area contributed by atoms with Crippen LogP contribution in [0.25, 0.3) is 0 Å². The summed E-state index contributed by atoms with van der Waals surface area (Å²) < 4.78 is 5.25. The second-order valence-corrected chi connectivity index (χ2v) is 4.76. The second kappa shape index (κ2) is 7.21. The molecule has 1 aromatic carbocycles. The predicted molar refractivity (Wildman–Crippen MR) is 84.5 cm³/mol. The third-order valence-electron chi connectivity index (χ3n) is 3.12. The molecule has 0 unspecified atom stereocenters. The minimum absolute atomic E-state index is 0.473. The Labute approximate surface area is 128 Å². The van der Waals surface area contributed by atoms with Gasteiger partial charge in [0.05, 0.1) is 19.0 Å². The highest BCUT2D eigenvalue weighted by atomic mass is 16.3. The van der Waals surface area contributed by atoms with Gasteiger partial charge in [-0.25, -0.2) is 0 Å². The first-order valence-electron chi connectivity index (χ1n) is 7.14. The fourth-order valence-electron chi connectivity index (χ4n) is 2.02. The van der Waals surface area contributed by atoms with Crippen LogP contribution in [0.1, 0.15) is 11.3 Å². The molecule has 3 aromatic rings. The lowest BCUT2D eigenvalue weighted by Crippen LogP contribution is -2.10. The molecule has 0 atom stereocenters. The second-order valence-electron chi connectivity index (χ2n) is 4.76. The van der Waals surface area contributed by atoms with Gasteiger partial charge >= 0.3 is 0 Å². The van der Waals surface area contributed by atoms with Crippen LogP contribution >= 0.6 is 0 Å². The van der Waals surface area contributed by atoms with E-state index in [1.165, 1.54) is 5.56 Å². The number of nitrogens with one attached hydrogen (secondary N) is 2. The first kappa shape index (κ1) is 14.1. The molecule has 6 nitrogen and oxygen atoms in total. The Balaban J connectivity index is 1.50. The monoisotopic (exact) mass is 295 g/mol. The number of nitrogens with zero attached hydrogens (tertiary/aromatic N) is 3. The van der Waals surface area contributed by atoms with Crippen LogP contribution in [0.5, 0.6) is 0 Å². The standard InChI is InChI=1S/C16H17N5O/c1-2-5-13(6-3-1)8-9-17-15-12-19-21-16(20-15)18-11-14-7-4-10-22-14/h1-7,10,12H,8-9,11H2,(H2,17,18,20,21). The van der Waals surface area contributed by atoms with Crippen molar-refractivity contribution in [3.63, 3.8) is 0 Å². The van der Waals surface area contributed by atoms with Crippen molar-refractivity contribution in [1.29, 1.82) is 0 Å². The van der Waals surface area contributed by atoms with Gasteiger partial charge in [-0.05, 0) is 24.1 Å². The predicted octanol–water partition coefficient (Wildman–Crippen LogP) is 2.73. The van der Waals surface area contributed by atoms with Gasteiger partial charge < -0.3 is 15.1 Å². The SMILES string of the molecule is c1ccc(CCNc2cnnc(NCc3ccco3)n2)cc1. The van der Waals surface area contributed by atoms with E-state index in [-0.39, 0.29) is 0 Å². The van der Waals surface area contributed by atoms with Crippen molar-refractivity contribution in [2.45, 2.75) is 13.0 Å². The zero-order valence-corrected chi connectivity index (χ0v) is 12.1. The van der Waals surface area contributed by atoms with Crippen LogP contribution in [-0.4, -0.2) is 21.7 Å². The molecule has 0 bridgehead atoms. The van der Waals surface area contributed by atoms with Crippen LogP contribution in [0.15, 0.2) is 59.3 Å². The van der Waals surface area contributed by atoms with E-state index in [2.05, 4.69) is 37.9 Å². The summed E-state index contributed by atoms with van der Waals surface area (Å²) >= 11 is 0. The van der Waals surface area contributed by atoms with Crippen molar-refractivity contribution in [3.8, 4) is 0 Å². The van der Waals surface area contributed by atoms with Crippen LogP contribution < -0.4 is 10.6 Å². The van der Waals surface area contributed by atoms with Gasteiger partial charge in [-0.1, -0.05) is 30.3 Å². The maximum absolute atomic E-state index is 5.25. The van der Waals surface area contributed by atoms with E-state index >= 15 is 0 Å². The number of aromatic nitrogens is 3. The largest absolute Gasteiger partial charge is 0.467 e. The van der Waals surface area contributed by atoms with E-state index in [0.717, 1.165) is 18.7 Å². The zero-order valence-electron chi connectivity index (χ0n) is 12.1. The van der Waals surface area contributed by atoms with Gasteiger partial charge in [0.25, 0.3) is 0 Å². The molecule has 22 heavy (non-hydrogen) atoms. The third kappa shape index (κ3) is 4.05. The molecular formula is C16H17N5O. The zero-order chi connectivity index (χ0) is 15.0. The number of hydrogen-bond donors (Lipinski definition) is 2. The highest BCUT2D eigenvalue weighted by Crippen LogP contribution is 2.07. The lowest BCUT2D eigenvalue weighted by atomic mass is 10.1. The molecular weight excluding hydrogens is 278 g/mol. The molecule has 3 rings (SSSR count). The van der Waals surface area contributed by atoms with E-state index < -0.39 is 0 Å². The smallest absolute Gasteiger partial charge is 0.245 e. The maximum Gasteiger partial charge on any atom is 0.245 e. The van der Waals surface area contributed by atoms with Crippen molar-refractivity contribution in [2.75, 3.05) is 17.2 Å². The first-order chi connectivity index (χ1) is 10.9. The highest BCUT2D eigenvalue weighted by molar-refractivity contribution is 5.37. The number of benzene rings is 1. The molecule has 0 saturated heterocycles. The van der Waals surface area contributed by atoms with Crippen molar-refractivity contribution in [3.05, 3.63) is 66.2 Å². The van der Waals surface area contributed by atoms with Crippen molar-refractivity contribution < 1.29 is 4.42 Å². The summed E-state index contributed by atoms with van der Waals surface area (Å²) in [5.41, 5.74) is 1.29. The molecule has 0 spiro atoms. The van der Waals surface area contributed by atoms with Crippen LogP contribution in [0.3, 0.4) is 0 Å². The summed E-state index contributed by atoms with van der Waals surface area (Å²) in [4.78, 5) is 4.37. The minimum Gasteiger partial charge on any atom is -0.467 e. The molecule has 0 radical (unpaired) electrons. The Hall–Kier alpha value is -2.89. The molecule has 0 amide bonds. The van der Waals surface area contributed by atoms with Gasteiger partial charge in [-0.15, -0.1) is 5.10 Å². The average molecular weight is 295 g/mol. The van der Waals surface area contributed by atoms with Gasteiger partial charge in [0.15, 0.2) is 5.82 Å². The summed E-state index contributed by atoms with van der Waals surface area (Å²) in [7, 11) is 0. The Morgan fingerprint density at radius 3 is 2.73 bits per heavy atom. The molecule has 2 N–H and O–H groups in total. The molecule has 6 heteroatoms. The Morgan fingerprint density at radius 2 is 1.91 bits per heavy atom. The number of rotatable bonds is 7. The Kier molecular flexibility index (Phi) is 4.61. The minimum atomic E-state index is 0.473. The molecule has 0 aliphatic carbocycles. The summed E-state index contributed by atoms with van der Waals surface area (Å²) in [6, 6.07) is 14.0. The van der Waals surface area contributed by atoms with Crippen molar-refractivity contribution in [2.24, 2.45) is 0 Å². The summed E-state index contributed by atoms with van der Waals surface area (Å²) in [6.07, 6.45) is 4.18. The van der Waals surface area contributed by atoms with E-state index in [4.69, 9.17) is 4.42 Å². The summed E-state index contributed by atoms with van der Waals surface area (Å²) in [5.74, 6) is 2.00. The Bertz CT molecular complexity index is 685. The molecule has 112 valence electrons. The van der Waals surface area contributed by atoms with Gasteiger partial charge in [0.1, 0.15) is 5.76 Å². The van der Waals surface area contributed by atoms with Gasteiger partial charge in [-0.2, -0.15) is 10.1 Å². The Morgan fingerprint density at radius 1 is 1.00 bits per heavy atom. The fourth-order valence-corrected chi connectivity index (χ4v) is 2.02. The lowest BCUT2D eigenvalue weighted by Gasteiger charge is -2.07. The third-order valence-corrected chi connectivity index (χ3v) is 3.12. The normalized spacial score (nSPS) is 10.4. The van der Waals surface area contributed by atoms with Crippen LogP contribution in [-0.2, 0) is 13.0 Å². The van der Waals surface area contributed by atoms with Crippen molar-refractivity contribution in [1.82, 2.24) is 15.2 Å². The topological polar surface area (TPSA) is 75.9 Å².